The fraction of sp³-hybridized carbons (Fsp3) is 0.690. The number of carbonyl (C=O) groups excluding carboxylic acids is 1. The number of benzene rings is 1. The highest BCUT2D eigenvalue weighted by molar-refractivity contribution is 14.1. The van der Waals surface area contributed by atoms with Crippen molar-refractivity contribution in [1.29, 1.82) is 0 Å². The number of rotatable bonds is 7. The van der Waals surface area contributed by atoms with Crippen molar-refractivity contribution >= 4 is 61.3 Å². The molecule has 0 radical (unpaired) electrons. The molecular weight excluding hydrogens is 708 g/mol. The Morgan fingerprint density at radius 1 is 1.17 bits per heavy atom. The smallest absolute Gasteiger partial charge is 0.410 e. The van der Waals surface area contributed by atoms with Crippen molar-refractivity contribution in [2.24, 2.45) is 5.41 Å². The molecule has 0 unspecified atom stereocenters. The average Bonchev–Trinajstić information content (AvgIpc) is 2.91. The molecule has 1 amide bonds. The molecule has 1 aromatic carbocycles. The van der Waals surface area contributed by atoms with Crippen molar-refractivity contribution in [2.75, 3.05) is 64.4 Å². The summed E-state index contributed by atoms with van der Waals surface area (Å²) in [6.45, 7) is 12.3. The number of hydrogen-bond acceptors (Lipinski definition) is 8. The van der Waals surface area contributed by atoms with Crippen LogP contribution in [0.3, 0.4) is 0 Å². The number of nitrogens with zero attached hydrogens (tertiary/aromatic N) is 5. The van der Waals surface area contributed by atoms with E-state index in [0.717, 1.165) is 75.0 Å². The topological polar surface area (TPSA) is 80.3 Å². The molecule has 226 valence electrons. The molecule has 3 aliphatic heterocycles. The second-order valence-electron chi connectivity index (χ2n) is 12.5. The van der Waals surface area contributed by atoms with Crippen LogP contribution in [0.4, 0.5) is 15.0 Å². The Bertz CT molecular complexity index is 1250. The van der Waals surface area contributed by atoms with Gasteiger partial charge < -0.3 is 28.9 Å². The molecule has 0 bridgehead atoms. The number of likely N-dealkylation sites (tertiary alicyclic amines) is 2. The summed E-state index contributed by atoms with van der Waals surface area (Å²) < 4.78 is 33.7. The van der Waals surface area contributed by atoms with Crippen molar-refractivity contribution in [3.8, 4) is 6.01 Å². The quantitative estimate of drug-likeness (QED) is 0.198. The molecule has 0 atom stereocenters. The monoisotopic (exact) mass is 747 g/mol. The van der Waals surface area contributed by atoms with Crippen molar-refractivity contribution < 1.29 is 23.4 Å². The summed E-state index contributed by atoms with van der Waals surface area (Å²) in [5, 5.41) is 0.690. The standard InChI is InChI=1S/C29H40BrFIN5O4/c1-28(2,3)41-27(38)37-17-29(18-37)8-13-36(14-9-29)25-20-16-21(32)22(30)23(31)24(20)33-26(34-25)40-19-6-11-35(12-7-19)10-5-15-39-4/h16,19H,5-15,17-18H2,1-4H3. The lowest BCUT2D eigenvalue weighted by Crippen LogP contribution is -2.62. The predicted molar refractivity (Wildman–Crippen MR) is 168 cm³/mol. The molecular formula is C29H40BrFIN5O4. The summed E-state index contributed by atoms with van der Waals surface area (Å²) in [5.74, 6) is 0.318. The SMILES string of the molecule is COCCCN1CCC(Oc2nc(N3CCC4(CC3)CN(C(=O)OC(C)(C)C)C4)c3cc(I)c(Br)c(F)c3n2)CC1. The van der Waals surface area contributed by atoms with Crippen LogP contribution in [-0.2, 0) is 9.47 Å². The van der Waals surface area contributed by atoms with Gasteiger partial charge in [-0.1, -0.05) is 0 Å². The summed E-state index contributed by atoms with van der Waals surface area (Å²) in [5.41, 5.74) is -0.135. The Hall–Kier alpha value is -1.51. The maximum Gasteiger partial charge on any atom is 0.410 e. The summed E-state index contributed by atoms with van der Waals surface area (Å²) in [6, 6.07) is 2.18. The average molecular weight is 748 g/mol. The number of hydrogen-bond donors (Lipinski definition) is 0. The van der Waals surface area contributed by atoms with Crippen LogP contribution >= 0.6 is 38.5 Å². The minimum Gasteiger partial charge on any atom is -0.460 e. The Kier molecular flexibility index (Phi) is 9.52. The van der Waals surface area contributed by atoms with E-state index in [2.05, 4.69) is 53.3 Å². The lowest BCUT2D eigenvalue weighted by molar-refractivity contribution is -0.0434. The van der Waals surface area contributed by atoms with Crippen molar-refractivity contribution in [3.63, 3.8) is 0 Å². The molecule has 12 heteroatoms. The van der Waals surface area contributed by atoms with E-state index in [4.69, 9.17) is 19.2 Å². The number of amides is 1. The van der Waals surface area contributed by atoms with Gasteiger partial charge >= 0.3 is 12.1 Å². The molecule has 0 aliphatic carbocycles. The molecule has 1 aromatic heterocycles. The van der Waals surface area contributed by atoms with Gasteiger partial charge in [-0.15, -0.1) is 0 Å². The highest BCUT2D eigenvalue weighted by Gasteiger charge is 2.48. The van der Waals surface area contributed by atoms with Gasteiger partial charge in [0.15, 0.2) is 5.82 Å². The molecule has 3 aliphatic rings. The molecule has 4 heterocycles. The molecule has 0 N–H and O–H groups in total. The third kappa shape index (κ3) is 7.18. The number of aromatic nitrogens is 2. The van der Waals surface area contributed by atoms with Gasteiger partial charge in [-0.05, 0) is 97.5 Å². The Labute approximate surface area is 263 Å². The molecule has 2 aromatic rings. The highest BCUT2D eigenvalue weighted by atomic mass is 127. The molecule has 0 saturated carbocycles. The van der Waals surface area contributed by atoms with Gasteiger partial charge in [-0.25, -0.2) is 9.18 Å². The predicted octanol–water partition coefficient (Wildman–Crippen LogP) is 5.85. The van der Waals surface area contributed by atoms with E-state index in [1.165, 1.54) is 0 Å². The minimum absolute atomic E-state index is 0.00670. The van der Waals surface area contributed by atoms with E-state index < -0.39 is 11.4 Å². The van der Waals surface area contributed by atoms with E-state index in [-0.39, 0.29) is 29.1 Å². The third-order valence-electron chi connectivity index (χ3n) is 8.24. The van der Waals surface area contributed by atoms with Gasteiger partial charge in [0.25, 0.3) is 0 Å². The molecule has 41 heavy (non-hydrogen) atoms. The lowest BCUT2D eigenvalue weighted by Gasteiger charge is -2.53. The van der Waals surface area contributed by atoms with Crippen molar-refractivity contribution in [3.05, 3.63) is 19.9 Å². The third-order valence-corrected chi connectivity index (χ3v) is 10.6. The van der Waals surface area contributed by atoms with Crippen LogP contribution < -0.4 is 9.64 Å². The molecule has 9 nitrogen and oxygen atoms in total. The Morgan fingerprint density at radius 3 is 2.49 bits per heavy atom. The Morgan fingerprint density at radius 2 is 1.85 bits per heavy atom. The summed E-state index contributed by atoms with van der Waals surface area (Å²) in [7, 11) is 1.73. The number of fused-ring (bicyclic) bond motifs is 1. The second kappa shape index (κ2) is 12.6. The van der Waals surface area contributed by atoms with Gasteiger partial charge in [-0.2, -0.15) is 9.97 Å². The highest BCUT2D eigenvalue weighted by Crippen LogP contribution is 2.43. The van der Waals surface area contributed by atoms with Gasteiger partial charge in [0.05, 0.1) is 4.47 Å². The number of halogens is 3. The first-order valence-corrected chi connectivity index (χ1v) is 16.3. The van der Waals surface area contributed by atoms with Gasteiger partial charge in [-0.3, -0.25) is 0 Å². The largest absolute Gasteiger partial charge is 0.460 e. The van der Waals surface area contributed by atoms with Crippen LogP contribution in [-0.4, -0.2) is 97.1 Å². The molecule has 1 spiro atoms. The van der Waals surface area contributed by atoms with E-state index in [1.54, 1.807) is 12.0 Å². The maximum atomic E-state index is 15.5. The summed E-state index contributed by atoms with van der Waals surface area (Å²) in [4.78, 5) is 28.4. The zero-order valence-electron chi connectivity index (χ0n) is 24.4. The van der Waals surface area contributed by atoms with Crippen molar-refractivity contribution in [2.45, 2.75) is 64.6 Å². The Balaban J connectivity index is 1.29. The number of ether oxygens (including phenoxy) is 3. The summed E-state index contributed by atoms with van der Waals surface area (Å²) >= 11 is 5.53. The van der Waals surface area contributed by atoms with Crippen LogP contribution in [0.5, 0.6) is 6.01 Å². The number of methoxy groups -OCH3 is 1. The van der Waals surface area contributed by atoms with E-state index in [0.29, 0.717) is 28.8 Å². The van der Waals surface area contributed by atoms with E-state index in [1.807, 2.05) is 26.8 Å². The van der Waals surface area contributed by atoms with Crippen LogP contribution in [0.25, 0.3) is 10.9 Å². The van der Waals surface area contributed by atoms with E-state index in [9.17, 15) is 4.79 Å². The van der Waals surface area contributed by atoms with Crippen LogP contribution in [0.2, 0.25) is 0 Å². The molecule has 3 saturated heterocycles. The number of anilines is 1. The normalized spacial score (nSPS) is 20.0. The van der Waals surface area contributed by atoms with Crippen LogP contribution in [0.1, 0.15) is 52.9 Å². The lowest BCUT2D eigenvalue weighted by atomic mass is 9.72. The zero-order chi connectivity index (χ0) is 29.4. The summed E-state index contributed by atoms with van der Waals surface area (Å²) in [6.07, 6.45) is 4.36. The molecule has 5 rings (SSSR count). The first-order valence-electron chi connectivity index (χ1n) is 14.4. The van der Waals surface area contributed by atoms with Gasteiger partial charge in [0, 0.05) is 73.9 Å². The second-order valence-corrected chi connectivity index (χ2v) is 14.5. The van der Waals surface area contributed by atoms with Gasteiger partial charge in [0.1, 0.15) is 23.0 Å². The first kappa shape index (κ1) is 30.9. The van der Waals surface area contributed by atoms with Crippen LogP contribution in [0.15, 0.2) is 10.5 Å². The first-order chi connectivity index (χ1) is 19.5. The molecule has 3 fully saturated rings. The van der Waals surface area contributed by atoms with Crippen molar-refractivity contribution in [1.82, 2.24) is 19.8 Å². The van der Waals surface area contributed by atoms with E-state index >= 15 is 4.39 Å². The number of carbonyl (C=O) groups is 1. The minimum atomic E-state index is -0.500. The maximum absolute atomic E-state index is 15.5. The fourth-order valence-corrected chi connectivity index (χ4v) is 6.84. The fourth-order valence-electron chi connectivity index (χ4n) is 5.99. The zero-order valence-corrected chi connectivity index (χ0v) is 28.1. The van der Waals surface area contributed by atoms with Gasteiger partial charge in [0.2, 0.25) is 0 Å². The van der Waals surface area contributed by atoms with Crippen LogP contribution in [0, 0.1) is 14.8 Å². The number of piperidine rings is 2.